The molecular formula is C25H28F2N2O5S. The number of amides is 1. The summed E-state index contributed by atoms with van der Waals surface area (Å²) >= 11 is 0. The van der Waals surface area contributed by atoms with Crippen LogP contribution in [0.15, 0.2) is 36.7 Å². The predicted molar refractivity (Wildman–Crippen MR) is 127 cm³/mol. The summed E-state index contributed by atoms with van der Waals surface area (Å²) in [5.41, 5.74) is 0.526. The quantitative estimate of drug-likeness (QED) is 0.522. The van der Waals surface area contributed by atoms with Gasteiger partial charge in [-0.15, -0.1) is 0 Å². The number of fused-ring (bicyclic) bond motifs is 1. The number of carbonyl (C=O) groups excluding carboxylic acids is 2. The second-order valence-corrected chi connectivity index (χ2v) is 12.7. The van der Waals surface area contributed by atoms with Crippen LogP contribution >= 0.6 is 0 Å². The summed E-state index contributed by atoms with van der Waals surface area (Å²) < 4.78 is 54.8. The number of anilines is 2. The molecule has 1 fully saturated rings. The third kappa shape index (κ3) is 5.07. The van der Waals surface area contributed by atoms with Crippen LogP contribution in [-0.2, 0) is 20.0 Å². The first-order valence-electron chi connectivity index (χ1n) is 11.3. The van der Waals surface area contributed by atoms with Crippen molar-refractivity contribution in [1.29, 1.82) is 0 Å². The number of halogens is 2. The Labute approximate surface area is 203 Å². The molecule has 3 heterocycles. The number of sulfone groups is 1. The Morgan fingerprint density at radius 2 is 1.80 bits per heavy atom. The fourth-order valence-corrected chi connectivity index (χ4v) is 6.47. The third-order valence-corrected chi connectivity index (χ3v) is 8.50. The number of Topliss-reactive ketones (excluding diaryl/α,β-unsaturated/α-hetero) is 1. The van der Waals surface area contributed by atoms with Gasteiger partial charge >= 0.3 is 6.11 Å². The van der Waals surface area contributed by atoms with E-state index < -0.39 is 26.8 Å². The Hall–Kier alpha value is -2.88. The van der Waals surface area contributed by atoms with Gasteiger partial charge in [-0.1, -0.05) is 6.92 Å². The maximum absolute atomic E-state index is 13.4. The Balaban J connectivity index is 1.63. The van der Waals surface area contributed by atoms with Crippen molar-refractivity contribution in [2.45, 2.75) is 58.5 Å². The summed E-state index contributed by atoms with van der Waals surface area (Å²) in [6.45, 7) is 6.03. The van der Waals surface area contributed by atoms with Crippen molar-refractivity contribution >= 4 is 32.9 Å². The number of nitrogens with zero attached hydrogens (tertiary/aromatic N) is 2. The van der Waals surface area contributed by atoms with Gasteiger partial charge in [0.15, 0.2) is 5.78 Å². The minimum atomic E-state index is -3.40. The molecule has 0 bridgehead atoms. The van der Waals surface area contributed by atoms with Gasteiger partial charge in [-0.05, 0) is 55.9 Å². The molecule has 0 unspecified atom stereocenters. The average Bonchev–Trinajstić information content (AvgIpc) is 2.95. The van der Waals surface area contributed by atoms with Crippen LogP contribution < -0.4 is 9.64 Å². The third-order valence-electron chi connectivity index (χ3n) is 6.85. The number of alkyl halides is 2. The zero-order chi connectivity index (χ0) is 25.8. The minimum absolute atomic E-state index is 0.0816. The first kappa shape index (κ1) is 25.2. The summed E-state index contributed by atoms with van der Waals surface area (Å²) in [6.07, 6.45) is 0.222. The van der Waals surface area contributed by atoms with Crippen molar-refractivity contribution in [3.63, 3.8) is 0 Å². The van der Waals surface area contributed by atoms with Gasteiger partial charge in [-0.25, -0.2) is 8.42 Å². The van der Waals surface area contributed by atoms with Crippen molar-refractivity contribution in [2.75, 3.05) is 16.4 Å². The maximum atomic E-state index is 13.4. The van der Waals surface area contributed by atoms with Gasteiger partial charge in [-0.3, -0.25) is 19.5 Å². The van der Waals surface area contributed by atoms with Crippen molar-refractivity contribution in [1.82, 2.24) is 4.98 Å². The summed E-state index contributed by atoms with van der Waals surface area (Å²) in [4.78, 5) is 31.9. The number of ether oxygens (including phenoxy) is 1. The molecule has 0 radical (unpaired) electrons. The van der Waals surface area contributed by atoms with Gasteiger partial charge in [0.25, 0.3) is 0 Å². The van der Waals surface area contributed by atoms with E-state index in [1.807, 2.05) is 6.92 Å². The van der Waals surface area contributed by atoms with E-state index in [4.69, 9.17) is 0 Å². The van der Waals surface area contributed by atoms with E-state index in [2.05, 4.69) is 9.72 Å². The molecule has 2 aromatic rings. The van der Waals surface area contributed by atoms with E-state index in [-0.39, 0.29) is 41.1 Å². The first-order chi connectivity index (χ1) is 16.1. The van der Waals surface area contributed by atoms with Gasteiger partial charge in [0.2, 0.25) is 5.91 Å². The zero-order valence-corrected chi connectivity index (χ0v) is 20.9. The zero-order valence-electron chi connectivity index (χ0n) is 20.1. The van der Waals surface area contributed by atoms with Gasteiger partial charge in [0, 0.05) is 25.0 Å². The molecule has 10 heteroatoms. The number of ketones is 1. The SMILES string of the molecule is CC1(CC(=O)c2ccc3c(c2)C(C)(C)C(=O)N3c2cncc(OC(C)(F)F)c2)CCS(=O)(=O)CC1. The molecule has 0 N–H and O–H groups in total. The summed E-state index contributed by atoms with van der Waals surface area (Å²) in [5, 5.41) is 0. The van der Waals surface area contributed by atoms with E-state index in [0.29, 0.717) is 36.6 Å². The van der Waals surface area contributed by atoms with Crippen molar-refractivity contribution < 1.29 is 31.5 Å². The van der Waals surface area contributed by atoms with E-state index in [1.165, 1.54) is 17.2 Å². The molecule has 0 spiro atoms. The molecule has 1 aromatic heterocycles. The van der Waals surface area contributed by atoms with Crippen LogP contribution in [0.4, 0.5) is 20.2 Å². The van der Waals surface area contributed by atoms with Crippen LogP contribution in [0.25, 0.3) is 0 Å². The lowest BCUT2D eigenvalue weighted by Gasteiger charge is -2.32. The maximum Gasteiger partial charge on any atom is 0.394 e. The molecule has 4 rings (SSSR count). The molecule has 7 nitrogen and oxygen atoms in total. The van der Waals surface area contributed by atoms with Gasteiger partial charge in [0.05, 0.1) is 40.7 Å². The molecule has 1 saturated heterocycles. The minimum Gasteiger partial charge on any atom is -0.431 e. The highest BCUT2D eigenvalue weighted by atomic mass is 32.2. The lowest BCUT2D eigenvalue weighted by atomic mass is 9.78. The van der Waals surface area contributed by atoms with E-state index in [9.17, 15) is 26.8 Å². The second kappa shape index (κ2) is 8.36. The highest BCUT2D eigenvalue weighted by Gasteiger charge is 2.45. The fourth-order valence-electron chi connectivity index (χ4n) is 4.66. The van der Waals surface area contributed by atoms with E-state index in [1.54, 1.807) is 32.0 Å². The second-order valence-electron chi connectivity index (χ2n) is 10.3. The van der Waals surface area contributed by atoms with E-state index in [0.717, 1.165) is 6.20 Å². The van der Waals surface area contributed by atoms with Crippen LogP contribution in [0.3, 0.4) is 0 Å². The lowest BCUT2D eigenvalue weighted by Crippen LogP contribution is -2.33. The number of carbonyl (C=O) groups is 2. The molecule has 2 aliphatic rings. The van der Waals surface area contributed by atoms with Crippen LogP contribution in [0.1, 0.15) is 62.9 Å². The highest BCUT2D eigenvalue weighted by Crippen LogP contribution is 2.46. The molecule has 0 saturated carbocycles. The summed E-state index contributed by atoms with van der Waals surface area (Å²) in [7, 11) is -3.04. The number of benzene rings is 1. The van der Waals surface area contributed by atoms with Crippen molar-refractivity contribution in [3.8, 4) is 5.75 Å². The van der Waals surface area contributed by atoms with Crippen LogP contribution in [-0.4, -0.2) is 42.7 Å². The molecule has 0 aliphatic carbocycles. The molecule has 0 atom stereocenters. The Bertz CT molecular complexity index is 1290. The Morgan fingerprint density at radius 3 is 2.43 bits per heavy atom. The first-order valence-corrected chi connectivity index (χ1v) is 13.2. The normalized spacial score (nSPS) is 20.4. The molecular weight excluding hydrogens is 478 g/mol. The molecule has 35 heavy (non-hydrogen) atoms. The molecule has 2 aliphatic heterocycles. The smallest absolute Gasteiger partial charge is 0.394 e. The van der Waals surface area contributed by atoms with Crippen LogP contribution in [0.5, 0.6) is 5.75 Å². The standard InChI is InChI=1S/C25H28F2N2O5S/c1-23(2)19-11-16(21(30)13-24(3)7-9-35(32,33)10-8-24)5-6-20(19)29(22(23)31)17-12-18(15-28-14-17)34-25(4,26)27/h5-6,11-12,14-15H,7-10,13H2,1-4H3. The van der Waals surface area contributed by atoms with Crippen LogP contribution in [0, 0.1) is 5.41 Å². The van der Waals surface area contributed by atoms with Crippen molar-refractivity contribution in [3.05, 3.63) is 47.8 Å². The Kier molecular flexibility index (Phi) is 6.02. The number of hydrogen-bond acceptors (Lipinski definition) is 6. The van der Waals surface area contributed by atoms with Crippen molar-refractivity contribution in [2.24, 2.45) is 5.41 Å². The predicted octanol–water partition coefficient (Wildman–Crippen LogP) is 4.82. The molecule has 1 amide bonds. The molecule has 188 valence electrons. The number of hydrogen-bond donors (Lipinski definition) is 0. The summed E-state index contributed by atoms with van der Waals surface area (Å²) in [5.74, 6) is -0.415. The fraction of sp³-hybridized carbons (Fsp3) is 0.480. The lowest BCUT2D eigenvalue weighted by molar-refractivity contribution is -0.159. The van der Waals surface area contributed by atoms with Gasteiger partial charge in [0.1, 0.15) is 15.6 Å². The number of aromatic nitrogens is 1. The van der Waals surface area contributed by atoms with Gasteiger partial charge in [-0.2, -0.15) is 8.78 Å². The summed E-state index contributed by atoms with van der Waals surface area (Å²) in [6, 6.07) is 6.33. The monoisotopic (exact) mass is 506 g/mol. The average molecular weight is 507 g/mol. The van der Waals surface area contributed by atoms with Crippen LogP contribution in [0.2, 0.25) is 0 Å². The number of pyridine rings is 1. The largest absolute Gasteiger partial charge is 0.431 e. The topological polar surface area (TPSA) is 93.6 Å². The molecule has 1 aromatic carbocycles. The number of rotatable bonds is 6. The highest BCUT2D eigenvalue weighted by molar-refractivity contribution is 7.91. The Morgan fingerprint density at radius 1 is 1.14 bits per heavy atom. The van der Waals surface area contributed by atoms with Gasteiger partial charge < -0.3 is 4.74 Å². The van der Waals surface area contributed by atoms with E-state index >= 15 is 0 Å².